The minimum absolute atomic E-state index is 0.0986. The SMILES string of the molecule is CCN(c1ccncc1)S(=O)(=O)CCNC(C)C. The molecule has 18 heavy (non-hydrogen) atoms. The summed E-state index contributed by atoms with van der Waals surface area (Å²) in [5.74, 6) is 0.0986. The standard InChI is InChI=1S/C12H21N3O2S/c1-4-15(12-5-7-13-8-6-12)18(16,17)10-9-14-11(2)3/h5-8,11,14H,4,9-10H2,1-3H3. The van der Waals surface area contributed by atoms with Crippen molar-refractivity contribution in [3.05, 3.63) is 24.5 Å². The van der Waals surface area contributed by atoms with Crippen LogP contribution >= 0.6 is 0 Å². The molecule has 1 heterocycles. The highest BCUT2D eigenvalue weighted by Crippen LogP contribution is 2.16. The maximum absolute atomic E-state index is 12.2. The first-order chi connectivity index (χ1) is 8.47. The van der Waals surface area contributed by atoms with Crippen LogP contribution in [-0.4, -0.2) is 38.3 Å². The van der Waals surface area contributed by atoms with Gasteiger partial charge in [-0.3, -0.25) is 9.29 Å². The van der Waals surface area contributed by atoms with E-state index in [0.717, 1.165) is 0 Å². The summed E-state index contributed by atoms with van der Waals surface area (Å²) in [4.78, 5) is 3.90. The van der Waals surface area contributed by atoms with Gasteiger partial charge in [-0.2, -0.15) is 0 Å². The molecule has 0 aliphatic heterocycles. The Morgan fingerprint density at radius 1 is 1.33 bits per heavy atom. The molecule has 0 aromatic carbocycles. The topological polar surface area (TPSA) is 62.3 Å². The minimum Gasteiger partial charge on any atom is -0.313 e. The van der Waals surface area contributed by atoms with Crippen LogP contribution in [0.1, 0.15) is 20.8 Å². The summed E-state index contributed by atoms with van der Waals surface area (Å²) < 4.78 is 25.8. The molecule has 0 atom stereocenters. The molecular weight excluding hydrogens is 250 g/mol. The van der Waals surface area contributed by atoms with Gasteiger partial charge >= 0.3 is 0 Å². The maximum Gasteiger partial charge on any atom is 0.236 e. The van der Waals surface area contributed by atoms with Gasteiger partial charge in [0.15, 0.2) is 0 Å². The van der Waals surface area contributed by atoms with Gasteiger partial charge in [0.25, 0.3) is 0 Å². The van der Waals surface area contributed by atoms with E-state index in [9.17, 15) is 8.42 Å². The number of aromatic nitrogens is 1. The molecule has 0 bridgehead atoms. The Morgan fingerprint density at radius 3 is 2.44 bits per heavy atom. The third-order valence-corrected chi connectivity index (χ3v) is 4.35. The largest absolute Gasteiger partial charge is 0.313 e. The highest BCUT2D eigenvalue weighted by molar-refractivity contribution is 7.92. The monoisotopic (exact) mass is 271 g/mol. The second kappa shape index (κ2) is 6.70. The zero-order chi connectivity index (χ0) is 13.6. The van der Waals surface area contributed by atoms with Crippen molar-refractivity contribution >= 4 is 15.7 Å². The second-order valence-electron chi connectivity index (χ2n) is 4.30. The van der Waals surface area contributed by atoms with E-state index in [0.29, 0.717) is 18.8 Å². The van der Waals surface area contributed by atoms with Gasteiger partial charge in [-0.05, 0) is 19.1 Å². The number of pyridine rings is 1. The van der Waals surface area contributed by atoms with E-state index < -0.39 is 10.0 Å². The van der Waals surface area contributed by atoms with E-state index in [2.05, 4.69) is 10.3 Å². The number of anilines is 1. The van der Waals surface area contributed by atoms with Crippen LogP contribution in [0.25, 0.3) is 0 Å². The van der Waals surface area contributed by atoms with Crippen LogP contribution in [0.2, 0.25) is 0 Å². The Bertz CT molecular complexity index is 446. The van der Waals surface area contributed by atoms with Crippen LogP contribution in [0.4, 0.5) is 5.69 Å². The quantitative estimate of drug-likeness (QED) is 0.810. The molecule has 0 unspecified atom stereocenters. The predicted molar refractivity (Wildman–Crippen MR) is 74.2 cm³/mol. The van der Waals surface area contributed by atoms with Crippen molar-refractivity contribution in [2.45, 2.75) is 26.8 Å². The van der Waals surface area contributed by atoms with Gasteiger partial charge in [-0.1, -0.05) is 13.8 Å². The fourth-order valence-corrected chi connectivity index (χ4v) is 3.07. The molecule has 1 N–H and O–H groups in total. The summed E-state index contributed by atoms with van der Waals surface area (Å²) in [6.45, 7) is 6.70. The van der Waals surface area contributed by atoms with Crippen LogP contribution < -0.4 is 9.62 Å². The number of nitrogens with zero attached hydrogens (tertiary/aromatic N) is 2. The van der Waals surface area contributed by atoms with Crippen molar-refractivity contribution in [2.75, 3.05) is 23.1 Å². The van der Waals surface area contributed by atoms with E-state index >= 15 is 0 Å². The van der Waals surface area contributed by atoms with Crippen molar-refractivity contribution in [1.82, 2.24) is 10.3 Å². The smallest absolute Gasteiger partial charge is 0.236 e. The molecule has 1 aromatic rings. The Hall–Kier alpha value is -1.14. The van der Waals surface area contributed by atoms with Gasteiger partial charge < -0.3 is 5.32 Å². The zero-order valence-corrected chi connectivity index (χ0v) is 11.9. The number of hydrogen-bond acceptors (Lipinski definition) is 4. The summed E-state index contributed by atoms with van der Waals surface area (Å²) in [6, 6.07) is 3.70. The zero-order valence-electron chi connectivity index (χ0n) is 11.1. The highest BCUT2D eigenvalue weighted by atomic mass is 32.2. The lowest BCUT2D eigenvalue weighted by Gasteiger charge is -2.23. The van der Waals surface area contributed by atoms with Crippen LogP contribution in [0.15, 0.2) is 24.5 Å². The molecular formula is C12H21N3O2S. The Labute approximate surface area is 109 Å². The van der Waals surface area contributed by atoms with E-state index in [4.69, 9.17) is 0 Å². The lowest BCUT2D eigenvalue weighted by molar-refractivity contribution is 0.575. The van der Waals surface area contributed by atoms with Crippen molar-refractivity contribution in [1.29, 1.82) is 0 Å². The first kappa shape index (κ1) is 14.9. The summed E-state index contributed by atoms with van der Waals surface area (Å²) in [6.07, 6.45) is 3.19. The molecule has 1 aromatic heterocycles. The van der Waals surface area contributed by atoms with Gasteiger partial charge in [-0.15, -0.1) is 0 Å². The number of hydrogen-bond donors (Lipinski definition) is 1. The minimum atomic E-state index is -3.28. The summed E-state index contributed by atoms with van der Waals surface area (Å²) >= 11 is 0. The normalized spacial score (nSPS) is 11.8. The van der Waals surface area contributed by atoms with Gasteiger partial charge in [0, 0.05) is 31.5 Å². The Morgan fingerprint density at radius 2 is 1.94 bits per heavy atom. The summed E-state index contributed by atoms with van der Waals surface area (Å²) in [5.41, 5.74) is 0.664. The Kier molecular flexibility index (Phi) is 5.55. The molecule has 0 saturated heterocycles. The van der Waals surface area contributed by atoms with Gasteiger partial charge in [0.1, 0.15) is 0 Å². The summed E-state index contributed by atoms with van der Waals surface area (Å²) in [7, 11) is -3.28. The first-order valence-corrected chi connectivity index (χ1v) is 7.72. The molecule has 0 amide bonds. The van der Waals surface area contributed by atoms with Crippen molar-refractivity contribution in [3.8, 4) is 0 Å². The molecule has 5 nitrogen and oxygen atoms in total. The Balaban J connectivity index is 2.75. The van der Waals surface area contributed by atoms with Crippen molar-refractivity contribution < 1.29 is 8.42 Å². The molecule has 0 spiro atoms. The van der Waals surface area contributed by atoms with E-state index in [1.54, 1.807) is 24.5 Å². The molecule has 102 valence electrons. The molecule has 0 aliphatic carbocycles. The lowest BCUT2D eigenvalue weighted by Crippen LogP contribution is -2.37. The van der Waals surface area contributed by atoms with Crippen LogP contribution in [0.5, 0.6) is 0 Å². The fourth-order valence-electron chi connectivity index (χ4n) is 1.64. The molecule has 6 heteroatoms. The van der Waals surface area contributed by atoms with E-state index in [-0.39, 0.29) is 11.8 Å². The van der Waals surface area contributed by atoms with Gasteiger partial charge in [0.05, 0.1) is 11.4 Å². The molecule has 1 rings (SSSR count). The lowest BCUT2D eigenvalue weighted by atomic mass is 10.4. The van der Waals surface area contributed by atoms with Crippen molar-refractivity contribution in [3.63, 3.8) is 0 Å². The highest BCUT2D eigenvalue weighted by Gasteiger charge is 2.20. The van der Waals surface area contributed by atoms with E-state index in [1.807, 2.05) is 20.8 Å². The number of sulfonamides is 1. The fraction of sp³-hybridized carbons (Fsp3) is 0.583. The first-order valence-electron chi connectivity index (χ1n) is 6.11. The average Bonchev–Trinajstić information content (AvgIpc) is 2.30. The van der Waals surface area contributed by atoms with E-state index in [1.165, 1.54) is 4.31 Å². The third kappa shape index (κ3) is 4.27. The predicted octanol–water partition coefficient (Wildman–Crippen LogP) is 1.24. The molecule has 0 radical (unpaired) electrons. The van der Waals surface area contributed by atoms with Gasteiger partial charge in [0.2, 0.25) is 10.0 Å². The number of nitrogens with one attached hydrogen (secondary N) is 1. The molecule has 0 fully saturated rings. The summed E-state index contributed by atoms with van der Waals surface area (Å²) in [5, 5.41) is 3.11. The number of rotatable bonds is 7. The average molecular weight is 271 g/mol. The van der Waals surface area contributed by atoms with Crippen LogP contribution in [0, 0.1) is 0 Å². The van der Waals surface area contributed by atoms with Crippen LogP contribution in [0.3, 0.4) is 0 Å². The van der Waals surface area contributed by atoms with Gasteiger partial charge in [-0.25, -0.2) is 8.42 Å². The second-order valence-corrected chi connectivity index (χ2v) is 6.31. The molecule has 0 saturated carbocycles. The van der Waals surface area contributed by atoms with Crippen molar-refractivity contribution in [2.24, 2.45) is 0 Å². The maximum atomic E-state index is 12.2. The van der Waals surface area contributed by atoms with Crippen LogP contribution in [-0.2, 0) is 10.0 Å². The third-order valence-electron chi connectivity index (χ3n) is 2.49. The molecule has 0 aliphatic rings.